The van der Waals surface area contributed by atoms with Crippen molar-refractivity contribution in [2.75, 3.05) is 13.3 Å². The lowest BCUT2D eigenvalue weighted by Crippen LogP contribution is -2.32. The molecule has 30 heavy (non-hydrogen) atoms. The minimum absolute atomic E-state index is 0.0816. The van der Waals surface area contributed by atoms with Gasteiger partial charge in [-0.05, 0) is 48.5 Å². The molecule has 3 rings (SSSR count). The Morgan fingerprint density at radius 1 is 1.17 bits per heavy atom. The minimum Gasteiger partial charge on any atom is -0.337 e. The van der Waals surface area contributed by atoms with Crippen LogP contribution in [0.25, 0.3) is 11.0 Å². The average molecular weight is 454 g/mol. The zero-order chi connectivity index (χ0) is 22.1. The summed E-state index contributed by atoms with van der Waals surface area (Å²) < 4.78 is 50.7. The largest absolute Gasteiger partial charge is 0.337 e. The van der Waals surface area contributed by atoms with Gasteiger partial charge in [0.2, 0.25) is 5.91 Å². The Balaban J connectivity index is 1.83. The van der Waals surface area contributed by atoms with Crippen LogP contribution >= 0.6 is 11.8 Å². The van der Waals surface area contributed by atoms with Gasteiger partial charge in [-0.2, -0.15) is 8.78 Å². The van der Waals surface area contributed by atoms with Crippen molar-refractivity contribution in [1.29, 1.82) is 0 Å². The lowest BCUT2D eigenvalue weighted by Gasteiger charge is -2.26. The highest BCUT2D eigenvalue weighted by Crippen LogP contribution is 2.29. The molecule has 0 aliphatic carbocycles. The fourth-order valence-electron chi connectivity index (χ4n) is 3.06. The van der Waals surface area contributed by atoms with Gasteiger partial charge in [-0.25, -0.2) is 13.4 Å². The second-order valence-electron chi connectivity index (χ2n) is 6.87. The van der Waals surface area contributed by atoms with E-state index in [0.29, 0.717) is 22.8 Å². The number of hydrogen-bond acceptors (Lipinski definition) is 5. The standard InChI is InChI=1S/C20H21F2N3O3S2/c1-13(14-8-10-15(11-9-14)30(3,27)28)24(2)18(26)12-25-17-7-5-4-6-16(17)23-20(25)29-19(21)22/h4-11,13,19H,12H2,1-3H3. The van der Waals surface area contributed by atoms with Crippen LogP contribution in [-0.2, 0) is 21.2 Å². The molecule has 0 saturated carbocycles. The first kappa shape index (κ1) is 22.2. The molecule has 0 saturated heterocycles. The summed E-state index contributed by atoms with van der Waals surface area (Å²) in [5.74, 6) is -2.94. The number of thioether (sulfide) groups is 1. The fraction of sp³-hybridized carbons (Fsp3) is 0.300. The molecule has 10 heteroatoms. The van der Waals surface area contributed by atoms with E-state index in [1.807, 2.05) is 6.92 Å². The predicted molar refractivity (Wildman–Crippen MR) is 112 cm³/mol. The van der Waals surface area contributed by atoms with E-state index >= 15 is 0 Å². The molecule has 0 N–H and O–H groups in total. The summed E-state index contributed by atoms with van der Waals surface area (Å²) in [6.07, 6.45) is 1.13. The van der Waals surface area contributed by atoms with Crippen molar-refractivity contribution in [1.82, 2.24) is 14.5 Å². The van der Waals surface area contributed by atoms with Gasteiger partial charge in [0.15, 0.2) is 15.0 Å². The minimum atomic E-state index is -3.31. The summed E-state index contributed by atoms with van der Waals surface area (Å²) in [6.45, 7) is 1.67. The maximum absolute atomic E-state index is 13.0. The second-order valence-corrected chi connectivity index (χ2v) is 9.84. The number of aromatic nitrogens is 2. The number of fused-ring (bicyclic) bond motifs is 1. The van der Waals surface area contributed by atoms with E-state index in [2.05, 4.69) is 4.98 Å². The fourth-order valence-corrected chi connectivity index (χ4v) is 4.29. The van der Waals surface area contributed by atoms with Crippen LogP contribution in [0.4, 0.5) is 8.78 Å². The second kappa shape index (κ2) is 8.73. The van der Waals surface area contributed by atoms with Gasteiger partial charge in [-0.15, -0.1) is 0 Å². The van der Waals surface area contributed by atoms with Gasteiger partial charge in [0, 0.05) is 13.3 Å². The predicted octanol–water partition coefficient (Wildman–Crippen LogP) is 3.97. The number of hydrogen-bond donors (Lipinski definition) is 0. The van der Waals surface area contributed by atoms with Gasteiger partial charge in [-0.1, -0.05) is 24.3 Å². The molecule has 0 bridgehead atoms. The van der Waals surface area contributed by atoms with Crippen LogP contribution in [0, 0.1) is 0 Å². The first-order valence-electron chi connectivity index (χ1n) is 9.03. The van der Waals surface area contributed by atoms with Crippen LogP contribution in [0.2, 0.25) is 0 Å². The molecule has 1 unspecified atom stereocenters. The first-order valence-corrected chi connectivity index (χ1v) is 11.8. The topological polar surface area (TPSA) is 72.3 Å². The molecule has 0 aliphatic heterocycles. The van der Waals surface area contributed by atoms with Gasteiger partial charge >= 0.3 is 0 Å². The summed E-state index contributed by atoms with van der Waals surface area (Å²) in [6, 6.07) is 12.9. The number of halogens is 2. The zero-order valence-electron chi connectivity index (χ0n) is 16.6. The van der Waals surface area contributed by atoms with E-state index in [9.17, 15) is 22.0 Å². The molecule has 0 fully saturated rings. The number of alkyl halides is 2. The summed E-state index contributed by atoms with van der Waals surface area (Å²) in [5.41, 5.74) is 1.91. The van der Waals surface area contributed by atoms with Crippen LogP contribution < -0.4 is 0 Å². The van der Waals surface area contributed by atoms with Crippen LogP contribution in [0.3, 0.4) is 0 Å². The lowest BCUT2D eigenvalue weighted by molar-refractivity contribution is -0.132. The van der Waals surface area contributed by atoms with Crippen LogP contribution in [0.15, 0.2) is 58.6 Å². The Labute approximate surface area is 177 Å². The number of sulfone groups is 1. The van der Waals surface area contributed by atoms with E-state index in [1.165, 1.54) is 21.6 Å². The normalized spacial score (nSPS) is 13.0. The number of carbonyl (C=O) groups excluding carboxylic acids is 1. The molecule has 1 amide bonds. The number of benzene rings is 2. The van der Waals surface area contributed by atoms with Gasteiger partial charge in [-0.3, -0.25) is 4.79 Å². The highest BCUT2D eigenvalue weighted by atomic mass is 32.2. The zero-order valence-corrected chi connectivity index (χ0v) is 18.3. The van der Waals surface area contributed by atoms with Crippen molar-refractivity contribution in [3.05, 3.63) is 54.1 Å². The molecule has 0 spiro atoms. The maximum Gasteiger partial charge on any atom is 0.291 e. The molecule has 3 aromatic rings. The van der Waals surface area contributed by atoms with E-state index in [-0.39, 0.29) is 28.5 Å². The number of likely N-dealkylation sites (N-methyl/N-ethyl adjacent to an activating group) is 1. The van der Waals surface area contributed by atoms with Crippen LogP contribution in [-0.4, -0.2) is 47.8 Å². The molecule has 6 nitrogen and oxygen atoms in total. The molecule has 2 aromatic carbocycles. The lowest BCUT2D eigenvalue weighted by atomic mass is 10.1. The Hall–Kier alpha value is -2.46. The number of para-hydroxylation sites is 2. The third kappa shape index (κ3) is 4.81. The number of imidazole rings is 1. The number of nitrogens with zero attached hydrogens (tertiary/aromatic N) is 3. The van der Waals surface area contributed by atoms with Crippen molar-refractivity contribution in [3.63, 3.8) is 0 Å². The first-order chi connectivity index (χ1) is 14.1. The highest BCUT2D eigenvalue weighted by molar-refractivity contribution is 7.99. The number of carbonyl (C=O) groups is 1. The maximum atomic E-state index is 13.0. The van der Waals surface area contributed by atoms with Gasteiger partial charge in [0.05, 0.1) is 22.0 Å². The summed E-state index contributed by atoms with van der Waals surface area (Å²) in [7, 11) is -1.68. The van der Waals surface area contributed by atoms with E-state index in [4.69, 9.17) is 0 Å². The van der Waals surface area contributed by atoms with Crippen molar-refractivity contribution in [3.8, 4) is 0 Å². The van der Waals surface area contributed by atoms with Crippen molar-refractivity contribution < 1.29 is 22.0 Å². The molecular formula is C20H21F2N3O3S2. The molecule has 1 aromatic heterocycles. The Bertz CT molecular complexity index is 1160. The van der Waals surface area contributed by atoms with Crippen molar-refractivity contribution >= 4 is 38.5 Å². The van der Waals surface area contributed by atoms with Crippen molar-refractivity contribution in [2.45, 2.75) is 35.3 Å². The molecule has 1 heterocycles. The Morgan fingerprint density at radius 2 is 1.80 bits per heavy atom. The summed E-state index contributed by atoms with van der Waals surface area (Å²) in [5, 5.41) is 0.0816. The number of rotatable bonds is 7. The molecule has 1 atom stereocenters. The molecule has 160 valence electrons. The Kier molecular flexibility index (Phi) is 6.47. The third-order valence-electron chi connectivity index (χ3n) is 4.87. The van der Waals surface area contributed by atoms with Gasteiger partial charge < -0.3 is 9.47 Å². The SMILES string of the molecule is CC(c1ccc(S(C)(=O)=O)cc1)N(C)C(=O)Cn1c(SC(F)F)nc2ccccc21. The van der Waals surface area contributed by atoms with Gasteiger partial charge in [0.1, 0.15) is 6.54 Å². The van der Waals surface area contributed by atoms with Gasteiger partial charge in [0.25, 0.3) is 5.76 Å². The van der Waals surface area contributed by atoms with E-state index < -0.39 is 15.6 Å². The monoisotopic (exact) mass is 453 g/mol. The smallest absolute Gasteiger partial charge is 0.291 e. The third-order valence-corrected chi connectivity index (χ3v) is 6.70. The van der Waals surface area contributed by atoms with Crippen molar-refractivity contribution in [2.24, 2.45) is 0 Å². The quantitative estimate of drug-likeness (QED) is 0.506. The van der Waals surface area contributed by atoms with E-state index in [1.54, 1.807) is 43.4 Å². The van der Waals surface area contributed by atoms with E-state index in [0.717, 1.165) is 11.8 Å². The molecular weight excluding hydrogens is 432 g/mol. The van der Waals surface area contributed by atoms with Crippen LogP contribution in [0.5, 0.6) is 0 Å². The average Bonchev–Trinajstić information content (AvgIpc) is 3.02. The Morgan fingerprint density at radius 3 is 2.40 bits per heavy atom. The molecule has 0 aliphatic rings. The number of amides is 1. The highest BCUT2D eigenvalue weighted by Gasteiger charge is 2.22. The summed E-state index contributed by atoms with van der Waals surface area (Å²) >= 11 is 0.304. The van der Waals surface area contributed by atoms with Crippen LogP contribution in [0.1, 0.15) is 18.5 Å². The summed E-state index contributed by atoms with van der Waals surface area (Å²) in [4.78, 5) is 18.8. The molecule has 0 radical (unpaired) electrons.